The number of carbonyl (C=O) groups is 1. The Bertz CT molecular complexity index is 1290. The van der Waals surface area contributed by atoms with Crippen molar-refractivity contribution in [3.8, 4) is 17.2 Å². The predicted molar refractivity (Wildman–Crippen MR) is 118 cm³/mol. The van der Waals surface area contributed by atoms with Gasteiger partial charge in [-0.25, -0.2) is 4.79 Å². The molecule has 3 aromatic carbocycles. The van der Waals surface area contributed by atoms with E-state index in [4.69, 9.17) is 18.6 Å². The molecule has 6 heteroatoms. The fraction of sp³-hybridized carbons (Fsp3) is 0.200. The van der Waals surface area contributed by atoms with E-state index < -0.39 is 12.1 Å². The van der Waals surface area contributed by atoms with E-state index in [1.807, 2.05) is 49.4 Å². The Hall–Kier alpha value is -3.80. The maximum atomic E-state index is 12.9. The summed E-state index contributed by atoms with van der Waals surface area (Å²) >= 11 is 0. The van der Waals surface area contributed by atoms with Gasteiger partial charge in [0.25, 0.3) is 0 Å². The third kappa shape index (κ3) is 4.53. The normalized spacial score (nSPS) is 11.9. The number of rotatable bonds is 7. The van der Waals surface area contributed by atoms with Crippen LogP contribution in [0.25, 0.3) is 21.7 Å². The van der Waals surface area contributed by atoms with E-state index in [0.29, 0.717) is 29.1 Å². The Morgan fingerprint density at radius 1 is 1.00 bits per heavy atom. The molecule has 0 amide bonds. The molecule has 0 saturated heterocycles. The van der Waals surface area contributed by atoms with Crippen molar-refractivity contribution in [1.29, 1.82) is 0 Å². The third-order valence-corrected chi connectivity index (χ3v) is 4.76. The first-order valence-corrected chi connectivity index (χ1v) is 10.1. The first-order valence-electron chi connectivity index (χ1n) is 10.1. The van der Waals surface area contributed by atoms with E-state index >= 15 is 0 Å². The molecule has 0 fully saturated rings. The number of fused-ring (bicyclic) bond motifs is 2. The highest BCUT2D eigenvalue weighted by molar-refractivity contribution is 5.84. The molecule has 0 aliphatic heterocycles. The minimum absolute atomic E-state index is 0.0907. The maximum absolute atomic E-state index is 12.9. The predicted octanol–water partition coefficient (Wildman–Crippen LogP) is 5.46. The summed E-state index contributed by atoms with van der Waals surface area (Å²) in [5, 5.41) is 2.45. The smallest absolute Gasteiger partial charge is 0.347 e. The van der Waals surface area contributed by atoms with Crippen LogP contribution in [0.2, 0.25) is 0 Å². The van der Waals surface area contributed by atoms with Crippen molar-refractivity contribution in [3.05, 3.63) is 77.2 Å². The van der Waals surface area contributed by atoms with Gasteiger partial charge in [0.2, 0.25) is 11.2 Å². The van der Waals surface area contributed by atoms with E-state index in [2.05, 4.69) is 0 Å². The van der Waals surface area contributed by atoms with Crippen LogP contribution >= 0.6 is 0 Å². The fourth-order valence-corrected chi connectivity index (χ4v) is 3.16. The zero-order valence-corrected chi connectivity index (χ0v) is 17.3. The minimum Gasteiger partial charge on any atom is -0.479 e. The molecule has 0 radical (unpaired) electrons. The van der Waals surface area contributed by atoms with Gasteiger partial charge >= 0.3 is 5.97 Å². The number of benzene rings is 3. The van der Waals surface area contributed by atoms with Crippen LogP contribution in [0, 0.1) is 0 Å². The van der Waals surface area contributed by atoms with E-state index in [1.165, 1.54) is 6.26 Å². The molecule has 31 heavy (non-hydrogen) atoms. The highest BCUT2D eigenvalue weighted by Crippen LogP contribution is 2.27. The number of esters is 1. The zero-order chi connectivity index (χ0) is 21.8. The lowest BCUT2D eigenvalue weighted by Gasteiger charge is -2.14. The summed E-state index contributed by atoms with van der Waals surface area (Å²) in [6, 6.07) is 18.3. The lowest BCUT2D eigenvalue weighted by molar-refractivity contribution is -0.151. The molecular weight excluding hydrogens is 396 g/mol. The summed E-state index contributed by atoms with van der Waals surface area (Å²) in [6.45, 7) is 3.88. The van der Waals surface area contributed by atoms with Gasteiger partial charge in [-0.2, -0.15) is 0 Å². The van der Waals surface area contributed by atoms with Crippen molar-refractivity contribution >= 4 is 27.7 Å². The van der Waals surface area contributed by atoms with Crippen LogP contribution in [0.4, 0.5) is 0 Å². The summed E-state index contributed by atoms with van der Waals surface area (Å²) in [7, 11) is 0. The second-order valence-corrected chi connectivity index (χ2v) is 7.13. The van der Waals surface area contributed by atoms with Crippen LogP contribution in [-0.4, -0.2) is 18.7 Å². The Balaban J connectivity index is 1.55. The maximum Gasteiger partial charge on any atom is 0.347 e. The van der Waals surface area contributed by atoms with Gasteiger partial charge in [0.15, 0.2) is 6.10 Å². The lowest BCUT2D eigenvalue weighted by Crippen LogP contribution is -2.26. The first-order chi connectivity index (χ1) is 15.0. The van der Waals surface area contributed by atoms with Crippen LogP contribution in [0.5, 0.6) is 17.2 Å². The van der Waals surface area contributed by atoms with Crippen LogP contribution in [-0.2, 0) is 9.53 Å². The largest absolute Gasteiger partial charge is 0.479 e. The van der Waals surface area contributed by atoms with Crippen molar-refractivity contribution in [2.24, 2.45) is 0 Å². The summed E-state index contributed by atoms with van der Waals surface area (Å²) in [4.78, 5) is 24.7. The van der Waals surface area contributed by atoms with Crippen LogP contribution in [0.1, 0.15) is 20.3 Å². The molecule has 1 aromatic heterocycles. The van der Waals surface area contributed by atoms with Gasteiger partial charge < -0.3 is 18.6 Å². The lowest BCUT2D eigenvalue weighted by atomic mass is 10.1. The van der Waals surface area contributed by atoms with Gasteiger partial charge in [0.1, 0.15) is 23.3 Å². The number of hydrogen-bond acceptors (Lipinski definition) is 6. The summed E-state index contributed by atoms with van der Waals surface area (Å²) in [5.74, 6) is 0.597. The summed E-state index contributed by atoms with van der Waals surface area (Å²) in [6.07, 6.45) is 1.25. The van der Waals surface area contributed by atoms with Gasteiger partial charge in [0, 0.05) is 6.07 Å². The van der Waals surface area contributed by atoms with Crippen LogP contribution in [0.15, 0.2) is 76.1 Å². The van der Waals surface area contributed by atoms with Gasteiger partial charge in [-0.05, 0) is 48.4 Å². The third-order valence-electron chi connectivity index (χ3n) is 4.76. The van der Waals surface area contributed by atoms with Gasteiger partial charge in [-0.3, -0.25) is 4.79 Å². The van der Waals surface area contributed by atoms with E-state index in [9.17, 15) is 9.59 Å². The molecule has 0 spiro atoms. The quantitative estimate of drug-likeness (QED) is 0.371. The van der Waals surface area contributed by atoms with Crippen molar-refractivity contribution in [2.75, 3.05) is 6.61 Å². The number of ether oxygens (including phenoxy) is 3. The number of hydrogen-bond donors (Lipinski definition) is 0. The Morgan fingerprint density at radius 2 is 1.77 bits per heavy atom. The molecule has 158 valence electrons. The zero-order valence-electron chi connectivity index (χ0n) is 17.3. The first kappa shape index (κ1) is 20.5. The molecule has 0 aliphatic rings. The molecule has 1 atom stereocenters. The monoisotopic (exact) mass is 418 g/mol. The highest BCUT2D eigenvalue weighted by atomic mass is 16.6. The summed E-state index contributed by atoms with van der Waals surface area (Å²) in [5.41, 5.74) is 0.0406. The van der Waals surface area contributed by atoms with Crippen molar-refractivity contribution in [1.82, 2.24) is 0 Å². The van der Waals surface area contributed by atoms with Gasteiger partial charge in [0.05, 0.1) is 12.0 Å². The molecule has 0 aliphatic carbocycles. The van der Waals surface area contributed by atoms with E-state index in [-0.39, 0.29) is 11.2 Å². The molecular formula is C25H22O6. The molecule has 0 N–H and O–H groups in total. The van der Waals surface area contributed by atoms with Crippen molar-refractivity contribution < 1.29 is 23.4 Å². The molecule has 4 aromatic rings. The highest BCUT2D eigenvalue weighted by Gasteiger charge is 2.17. The second kappa shape index (κ2) is 8.92. The van der Waals surface area contributed by atoms with Crippen molar-refractivity contribution in [3.63, 3.8) is 0 Å². The van der Waals surface area contributed by atoms with Crippen LogP contribution in [0.3, 0.4) is 0 Å². The summed E-state index contributed by atoms with van der Waals surface area (Å²) < 4.78 is 22.1. The molecule has 6 nitrogen and oxygen atoms in total. The topological polar surface area (TPSA) is 75.0 Å². The van der Waals surface area contributed by atoms with E-state index in [0.717, 1.165) is 17.2 Å². The van der Waals surface area contributed by atoms with Crippen LogP contribution < -0.4 is 14.9 Å². The standard InChI is InChI=1S/C25H22O6/c1-3-12-28-25(27)16(2)30-20-10-11-21-22(14-20)29-15-23(24(21)26)31-19-9-8-17-6-4-5-7-18(17)13-19/h4-11,13-16H,3,12H2,1-2H3/t16-/m1/s1. The molecule has 4 rings (SSSR count). The fourth-order valence-electron chi connectivity index (χ4n) is 3.16. The van der Waals surface area contributed by atoms with Crippen molar-refractivity contribution in [2.45, 2.75) is 26.4 Å². The molecule has 0 bridgehead atoms. The molecule has 0 saturated carbocycles. The number of carbonyl (C=O) groups excluding carboxylic acids is 1. The SMILES string of the molecule is CCCOC(=O)[C@@H](C)Oc1ccc2c(=O)c(Oc3ccc4ccccc4c3)coc2c1. The second-order valence-electron chi connectivity index (χ2n) is 7.13. The van der Waals surface area contributed by atoms with E-state index in [1.54, 1.807) is 25.1 Å². The Kier molecular flexibility index (Phi) is 5.89. The van der Waals surface area contributed by atoms with Gasteiger partial charge in [-0.1, -0.05) is 37.3 Å². The average molecular weight is 418 g/mol. The Labute approximate surface area is 179 Å². The van der Waals surface area contributed by atoms with Gasteiger partial charge in [-0.15, -0.1) is 0 Å². The average Bonchev–Trinajstić information content (AvgIpc) is 2.79. The Morgan fingerprint density at radius 3 is 2.58 bits per heavy atom. The molecule has 0 unspecified atom stereocenters. The molecule has 1 heterocycles. The minimum atomic E-state index is -0.772.